The summed E-state index contributed by atoms with van der Waals surface area (Å²) in [4.78, 5) is 29.6. The summed E-state index contributed by atoms with van der Waals surface area (Å²) in [5.74, 6) is -0.135. The quantitative estimate of drug-likeness (QED) is 0.301. The van der Waals surface area contributed by atoms with Crippen LogP contribution in [0.15, 0.2) is 71.6 Å². The number of fused-ring (bicyclic) bond motifs is 1. The van der Waals surface area contributed by atoms with E-state index in [4.69, 9.17) is 11.6 Å². The molecular weight excluding hydrogens is 560 g/mol. The average Bonchev–Trinajstić information content (AvgIpc) is 3.54. The molecule has 5 rings (SSSR count). The van der Waals surface area contributed by atoms with E-state index in [1.807, 2.05) is 38.1 Å². The molecule has 2 aliphatic heterocycles. The predicted molar refractivity (Wildman–Crippen MR) is 165 cm³/mol. The van der Waals surface area contributed by atoms with Gasteiger partial charge < -0.3 is 20.4 Å². The first-order chi connectivity index (χ1) is 19.7. The fraction of sp³-hybridized carbons (Fsp3) is 0.290. The van der Waals surface area contributed by atoms with Gasteiger partial charge in [0.05, 0.1) is 27.6 Å². The monoisotopic (exact) mass is 592 g/mol. The second-order valence-corrected chi connectivity index (χ2v) is 12.6. The van der Waals surface area contributed by atoms with Crippen molar-refractivity contribution in [1.29, 1.82) is 0 Å². The lowest BCUT2D eigenvalue weighted by Gasteiger charge is -2.19. The second-order valence-electron chi connectivity index (χ2n) is 10.1. The normalized spacial score (nSPS) is 16.2. The molecular formula is C31H33ClN4O4S. The van der Waals surface area contributed by atoms with Crippen LogP contribution in [0, 0.1) is 0 Å². The van der Waals surface area contributed by atoms with Crippen molar-refractivity contribution in [3.63, 3.8) is 0 Å². The fourth-order valence-electron chi connectivity index (χ4n) is 5.20. The summed E-state index contributed by atoms with van der Waals surface area (Å²) in [5.41, 5.74) is 4.50. The number of anilines is 3. The number of hydrogen-bond acceptors (Lipinski definition) is 6. The molecule has 2 heterocycles. The number of sulfone groups is 1. The molecule has 2 amide bonds. The van der Waals surface area contributed by atoms with E-state index in [1.165, 1.54) is 0 Å². The van der Waals surface area contributed by atoms with Gasteiger partial charge in [-0.1, -0.05) is 43.6 Å². The molecule has 214 valence electrons. The molecule has 41 heavy (non-hydrogen) atoms. The first-order valence-corrected chi connectivity index (χ1v) is 15.8. The molecule has 0 unspecified atom stereocenters. The van der Waals surface area contributed by atoms with E-state index >= 15 is 0 Å². The molecule has 0 saturated carbocycles. The van der Waals surface area contributed by atoms with Gasteiger partial charge in [0.15, 0.2) is 9.84 Å². The van der Waals surface area contributed by atoms with Crippen LogP contribution in [0.1, 0.15) is 37.8 Å². The summed E-state index contributed by atoms with van der Waals surface area (Å²) >= 11 is 6.18. The summed E-state index contributed by atoms with van der Waals surface area (Å²) in [6.07, 6.45) is 1.37. The second kappa shape index (κ2) is 12.1. The highest BCUT2D eigenvalue weighted by Gasteiger charge is 2.29. The third kappa shape index (κ3) is 6.17. The Morgan fingerprint density at radius 2 is 1.71 bits per heavy atom. The number of amides is 2. The molecule has 0 aliphatic carbocycles. The van der Waals surface area contributed by atoms with E-state index < -0.39 is 9.84 Å². The highest BCUT2D eigenvalue weighted by Crippen LogP contribution is 2.39. The molecule has 10 heteroatoms. The van der Waals surface area contributed by atoms with Crippen LogP contribution in [0.5, 0.6) is 0 Å². The van der Waals surface area contributed by atoms with Crippen molar-refractivity contribution in [3.05, 3.63) is 82.9 Å². The van der Waals surface area contributed by atoms with Crippen molar-refractivity contribution in [2.75, 3.05) is 47.5 Å². The maximum atomic E-state index is 13.2. The van der Waals surface area contributed by atoms with Crippen LogP contribution in [-0.2, 0) is 19.4 Å². The predicted octanol–water partition coefficient (Wildman–Crippen LogP) is 5.51. The lowest BCUT2D eigenvalue weighted by molar-refractivity contribution is -0.117. The van der Waals surface area contributed by atoms with Gasteiger partial charge in [-0.25, -0.2) is 8.42 Å². The minimum Gasteiger partial charge on any atom is -0.354 e. The Labute approximate surface area is 245 Å². The summed E-state index contributed by atoms with van der Waals surface area (Å²) in [6.45, 7) is 6.78. The van der Waals surface area contributed by atoms with E-state index in [2.05, 4.69) is 15.5 Å². The van der Waals surface area contributed by atoms with Crippen molar-refractivity contribution in [2.24, 2.45) is 0 Å². The summed E-state index contributed by atoms with van der Waals surface area (Å²) in [5, 5.41) is 6.77. The molecule has 0 bridgehead atoms. The Kier molecular flexibility index (Phi) is 8.49. The Morgan fingerprint density at radius 3 is 2.34 bits per heavy atom. The third-order valence-electron chi connectivity index (χ3n) is 7.57. The zero-order valence-corrected chi connectivity index (χ0v) is 24.7. The Bertz CT molecular complexity index is 1600. The van der Waals surface area contributed by atoms with Gasteiger partial charge in [-0.2, -0.15) is 0 Å². The first kappa shape index (κ1) is 28.9. The van der Waals surface area contributed by atoms with Crippen LogP contribution in [0.25, 0.3) is 11.3 Å². The van der Waals surface area contributed by atoms with Crippen molar-refractivity contribution in [2.45, 2.75) is 31.6 Å². The van der Waals surface area contributed by atoms with E-state index in [9.17, 15) is 18.0 Å². The van der Waals surface area contributed by atoms with E-state index in [0.717, 1.165) is 30.8 Å². The lowest BCUT2D eigenvalue weighted by atomic mass is 9.99. The summed E-state index contributed by atoms with van der Waals surface area (Å²) in [7, 11) is -3.45. The standard InChI is InChI=1S/C31H33ClN4O4S/c1-3-35(4-2)18-19-41(39,40)25-14-10-23(11-15-25)33-30(29-26-16-9-22(32)20-27(26)34-31(29)38)21-7-12-24(13-8-21)36-17-5-6-28(36)37/h7-16,20,33H,3-6,17-19H2,1-2H3,(H,34,38)/b30-29-. The number of rotatable bonds is 10. The van der Waals surface area contributed by atoms with Crippen LogP contribution in [0.2, 0.25) is 5.02 Å². The number of carbonyl (C=O) groups is 2. The smallest absolute Gasteiger partial charge is 0.258 e. The Morgan fingerprint density at radius 1 is 1.00 bits per heavy atom. The molecule has 0 atom stereocenters. The zero-order chi connectivity index (χ0) is 29.1. The van der Waals surface area contributed by atoms with Crippen molar-refractivity contribution in [3.8, 4) is 0 Å². The maximum Gasteiger partial charge on any atom is 0.258 e. The Hall–Kier alpha value is -3.66. The molecule has 2 aliphatic rings. The number of halogens is 1. The molecule has 0 spiro atoms. The van der Waals surface area contributed by atoms with Crippen LogP contribution in [0.3, 0.4) is 0 Å². The first-order valence-electron chi connectivity index (χ1n) is 13.8. The van der Waals surface area contributed by atoms with Gasteiger partial charge in [0.25, 0.3) is 5.91 Å². The van der Waals surface area contributed by atoms with Crippen LogP contribution in [-0.4, -0.2) is 57.1 Å². The third-order valence-corrected chi connectivity index (χ3v) is 9.52. The molecule has 0 radical (unpaired) electrons. The van der Waals surface area contributed by atoms with Gasteiger partial charge in [-0.05, 0) is 73.6 Å². The Balaban J connectivity index is 1.48. The largest absolute Gasteiger partial charge is 0.354 e. The van der Waals surface area contributed by atoms with Crippen LogP contribution >= 0.6 is 11.6 Å². The summed E-state index contributed by atoms with van der Waals surface area (Å²) in [6, 6.07) is 19.3. The van der Waals surface area contributed by atoms with Gasteiger partial charge in [0.1, 0.15) is 0 Å². The summed E-state index contributed by atoms with van der Waals surface area (Å²) < 4.78 is 25.9. The fourth-order valence-corrected chi connectivity index (χ4v) is 6.66. The minimum absolute atomic E-state index is 0.0438. The van der Waals surface area contributed by atoms with Crippen molar-refractivity contribution < 1.29 is 18.0 Å². The van der Waals surface area contributed by atoms with E-state index in [0.29, 0.717) is 52.7 Å². The van der Waals surface area contributed by atoms with Crippen molar-refractivity contribution >= 4 is 61.6 Å². The topological polar surface area (TPSA) is 98.8 Å². The zero-order valence-electron chi connectivity index (χ0n) is 23.1. The number of hydrogen-bond donors (Lipinski definition) is 2. The molecule has 8 nitrogen and oxygen atoms in total. The van der Waals surface area contributed by atoms with Gasteiger partial charge in [-0.15, -0.1) is 0 Å². The molecule has 1 saturated heterocycles. The molecule has 2 N–H and O–H groups in total. The van der Waals surface area contributed by atoms with E-state index in [1.54, 1.807) is 47.4 Å². The SMILES string of the molecule is CCN(CC)CCS(=O)(=O)c1ccc(N/C(=C2\C(=O)Nc3cc(Cl)ccc32)c2ccc(N3CCCC3=O)cc2)cc1. The molecule has 0 aromatic heterocycles. The van der Waals surface area contributed by atoms with E-state index in [-0.39, 0.29) is 22.5 Å². The number of carbonyl (C=O) groups excluding carboxylic acids is 2. The highest BCUT2D eigenvalue weighted by atomic mass is 35.5. The van der Waals surface area contributed by atoms with Gasteiger partial charge in [-0.3, -0.25) is 9.59 Å². The van der Waals surface area contributed by atoms with Gasteiger partial charge >= 0.3 is 0 Å². The molecule has 3 aromatic rings. The van der Waals surface area contributed by atoms with Crippen LogP contribution < -0.4 is 15.5 Å². The lowest BCUT2D eigenvalue weighted by Crippen LogP contribution is -2.29. The molecule has 1 fully saturated rings. The maximum absolute atomic E-state index is 13.2. The number of nitrogens with zero attached hydrogens (tertiary/aromatic N) is 2. The van der Waals surface area contributed by atoms with Gasteiger partial charge in [0, 0.05) is 41.5 Å². The average molecular weight is 593 g/mol. The number of benzene rings is 3. The number of nitrogens with one attached hydrogen (secondary N) is 2. The highest BCUT2D eigenvalue weighted by molar-refractivity contribution is 7.91. The van der Waals surface area contributed by atoms with Crippen molar-refractivity contribution in [1.82, 2.24) is 4.90 Å². The van der Waals surface area contributed by atoms with Gasteiger partial charge in [0.2, 0.25) is 5.91 Å². The van der Waals surface area contributed by atoms with Crippen LogP contribution in [0.4, 0.5) is 17.1 Å². The minimum atomic E-state index is -3.45. The molecule has 3 aromatic carbocycles.